The van der Waals surface area contributed by atoms with Crippen molar-refractivity contribution < 1.29 is 102 Å². The van der Waals surface area contributed by atoms with Crippen molar-refractivity contribution in [3.8, 4) is 22.6 Å². The molecule has 12 nitrogen and oxygen atoms in total. The van der Waals surface area contributed by atoms with E-state index in [0.29, 0.717) is 11.3 Å². The number of carbonyl (C=O) groups excluding carboxylic acids is 4. The standard InChI is InChI=1S/C23H20N2O10.2Na/c26-19(24-8-21(28)29)11-33-14-3-1-13(2-4-14)17-10-35-18-7-15(5-6-16(18)23(17)32)34-12-20(27)25-9-22(30)31;;/h1-7,10H,8-9,11-12H2,(H,24,26)(H,25,27)(H,28,29)(H,30,31);;/q;2*+1/p-2. The minimum absolute atomic E-state index is 0. The predicted molar refractivity (Wildman–Crippen MR) is 115 cm³/mol. The van der Waals surface area contributed by atoms with Crippen LogP contribution in [0.1, 0.15) is 0 Å². The molecule has 0 aliphatic carbocycles. The molecule has 182 valence electrons. The van der Waals surface area contributed by atoms with Crippen molar-refractivity contribution in [1.82, 2.24) is 10.6 Å². The minimum atomic E-state index is -1.43. The van der Waals surface area contributed by atoms with Gasteiger partial charge in [-0.2, -0.15) is 0 Å². The summed E-state index contributed by atoms with van der Waals surface area (Å²) in [5.41, 5.74) is 0.694. The first-order chi connectivity index (χ1) is 16.7. The fraction of sp³-hybridized carbons (Fsp3) is 0.174. The first-order valence-corrected chi connectivity index (χ1v) is 10.1. The van der Waals surface area contributed by atoms with Crippen molar-refractivity contribution in [2.24, 2.45) is 0 Å². The Morgan fingerprint density at radius 3 is 1.84 bits per heavy atom. The topological polar surface area (TPSA) is 187 Å². The third kappa shape index (κ3) is 9.84. The van der Waals surface area contributed by atoms with Crippen LogP contribution in [-0.2, 0) is 19.2 Å². The van der Waals surface area contributed by atoms with Crippen LogP contribution < -0.4 is 94.9 Å². The van der Waals surface area contributed by atoms with E-state index in [1.807, 2.05) is 0 Å². The van der Waals surface area contributed by atoms with Gasteiger partial charge in [-0.1, -0.05) is 12.1 Å². The maximum absolute atomic E-state index is 12.9. The molecule has 0 unspecified atom stereocenters. The molecule has 0 aliphatic heterocycles. The summed E-state index contributed by atoms with van der Waals surface area (Å²) in [6.07, 6.45) is 1.27. The number of carbonyl (C=O) groups is 4. The minimum Gasteiger partial charge on any atom is -0.548 e. The monoisotopic (exact) mass is 528 g/mol. The van der Waals surface area contributed by atoms with E-state index in [1.54, 1.807) is 12.1 Å². The number of fused-ring (bicyclic) bond motifs is 1. The van der Waals surface area contributed by atoms with Crippen LogP contribution in [-0.4, -0.2) is 50.1 Å². The van der Waals surface area contributed by atoms with Crippen LogP contribution in [0.5, 0.6) is 11.5 Å². The summed E-state index contributed by atoms with van der Waals surface area (Å²) in [4.78, 5) is 56.6. The van der Waals surface area contributed by atoms with Crippen molar-refractivity contribution in [1.29, 1.82) is 0 Å². The molecule has 2 amide bonds. The van der Waals surface area contributed by atoms with Gasteiger partial charge in [-0.3, -0.25) is 14.4 Å². The average Bonchev–Trinajstić information content (AvgIpc) is 2.84. The molecule has 0 fully saturated rings. The van der Waals surface area contributed by atoms with E-state index in [-0.39, 0.29) is 86.8 Å². The number of rotatable bonds is 11. The third-order valence-corrected chi connectivity index (χ3v) is 4.51. The number of hydrogen-bond donors (Lipinski definition) is 2. The average molecular weight is 528 g/mol. The zero-order chi connectivity index (χ0) is 25.4. The number of amides is 2. The maximum atomic E-state index is 12.9. The number of aliphatic carboxylic acids is 2. The molecular weight excluding hydrogens is 510 g/mol. The molecule has 3 aromatic rings. The molecule has 14 heteroatoms. The van der Waals surface area contributed by atoms with Crippen LogP contribution in [0.3, 0.4) is 0 Å². The molecular formula is C23H18N2Na2O10. The number of carboxylic acid groups (broad SMARTS) is 2. The first kappa shape index (κ1) is 32.2. The number of carboxylic acids is 2. The van der Waals surface area contributed by atoms with Crippen LogP contribution >= 0.6 is 0 Å². The molecule has 0 saturated heterocycles. The molecule has 1 aromatic heterocycles. The van der Waals surface area contributed by atoms with Gasteiger partial charge >= 0.3 is 59.1 Å². The summed E-state index contributed by atoms with van der Waals surface area (Å²) < 4.78 is 16.1. The number of hydrogen-bond acceptors (Lipinski definition) is 10. The number of benzene rings is 2. The van der Waals surface area contributed by atoms with Crippen LogP contribution in [0.25, 0.3) is 22.1 Å². The third-order valence-electron chi connectivity index (χ3n) is 4.51. The summed E-state index contributed by atoms with van der Waals surface area (Å²) in [5, 5.41) is 25.2. The second-order valence-electron chi connectivity index (χ2n) is 7.04. The molecule has 2 aromatic carbocycles. The Hall–Kier alpha value is -2.87. The number of nitrogens with one attached hydrogen (secondary N) is 2. The summed E-state index contributed by atoms with van der Waals surface area (Å²) in [6, 6.07) is 10.6. The molecule has 3 rings (SSSR count). The van der Waals surface area contributed by atoms with E-state index >= 15 is 0 Å². The van der Waals surface area contributed by atoms with Crippen LogP contribution in [0.15, 0.2) is 57.9 Å². The summed E-state index contributed by atoms with van der Waals surface area (Å²) >= 11 is 0. The smallest absolute Gasteiger partial charge is 0.548 e. The normalized spacial score (nSPS) is 9.84. The largest absolute Gasteiger partial charge is 1.00 e. The molecule has 0 atom stereocenters. The molecule has 0 saturated carbocycles. The van der Waals surface area contributed by atoms with E-state index in [0.717, 1.165) is 0 Å². The summed E-state index contributed by atoms with van der Waals surface area (Å²) in [5.74, 6) is -3.57. The van der Waals surface area contributed by atoms with Crippen molar-refractivity contribution in [3.05, 3.63) is 59.0 Å². The molecule has 0 bridgehead atoms. The van der Waals surface area contributed by atoms with E-state index < -0.39 is 50.1 Å². The SMILES string of the molecule is O=C([O-])CNC(=O)COc1ccc(-c2coc3cc(OCC(=O)NCC(=O)[O-])ccc3c2=O)cc1.[Na+].[Na+]. The van der Waals surface area contributed by atoms with Gasteiger partial charge in [-0.05, 0) is 29.8 Å². The molecule has 1 heterocycles. The molecule has 2 N–H and O–H groups in total. The van der Waals surface area contributed by atoms with E-state index in [4.69, 9.17) is 13.9 Å². The Morgan fingerprint density at radius 1 is 0.784 bits per heavy atom. The molecule has 37 heavy (non-hydrogen) atoms. The van der Waals surface area contributed by atoms with Gasteiger partial charge in [0.1, 0.15) is 23.3 Å². The second kappa shape index (κ2) is 15.4. The van der Waals surface area contributed by atoms with E-state index in [1.165, 1.54) is 36.6 Å². The van der Waals surface area contributed by atoms with Gasteiger partial charge in [0.15, 0.2) is 18.6 Å². The van der Waals surface area contributed by atoms with Crippen molar-refractivity contribution >= 4 is 34.7 Å². The van der Waals surface area contributed by atoms with Gasteiger partial charge in [0.2, 0.25) is 0 Å². The van der Waals surface area contributed by atoms with Crippen LogP contribution in [0.4, 0.5) is 0 Å². The van der Waals surface area contributed by atoms with Crippen molar-refractivity contribution in [2.75, 3.05) is 26.3 Å². The van der Waals surface area contributed by atoms with Gasteiger partial charge in [-0.25, -0.2) is 0 Å². The van der Waals surface area contributed by atoms with Crippen molar-refractivity contribution in [2.45, 2.75) is 0 Å². The van der Waals surface area contributed by atoms with E-state index in [2.05, 4.69) is 10.6 Å². The molecule has 0 spiro atoms. The Balaban J connectivity index is 0.00000342. The zero-order valence-corrected chi connectivity index (χ0v) is 24.0. The summed E-state index contributed by atoms with van der Waals surface area (Å²) in [7, 11) is 0. The van der Waals surface area contributed by atoms with Crippen molar-refractivity contribution in [3.63, 3.8) is 0 Å². The van der Waals surface area contributed by atoms with Crippen LogP contribution in [0, 0.1) is 0 Å². The Morgan fingerprint density at radius 2 is 1.30 bits per heavy atom. The quantitative estimate of drug-likeness (QED) is 0.226. The van der Waals surface area contributed by atoms with Gasteiger partial charge in [0.05, 0.1) is 36.0 Å². The van der Waals surface area contributed by atoms with Gasteiger partial charge in [-0.15, -0.1) is 0 Å². The Bertz CT molecular complexity index is 1330. The summed E-state index contributed by atoms with van der Waals surface area (Å²) in [6.45, 7) is -2.08. The van der Waals surface area contributed by atoms with Crippen LogP contribution in [0.2, 0.25) is 0 Å². The molecule has 0 radical (unpaired) electrons. The molecule has 0 aliphatic rings. The van der Waals surface area contributed by atoms with Gasteiger partial charge in [0.25, 0.3) is 11.8 Å². The number of ether oxygens (including phenoxy) is 2. The Labute approximate surface area is 253 Å². The van der Waals surface area contributed by atoms with E-state index in [9.17, 15) is 34.2 Å². The zero-order valence-electron chi connectivity index (χ0n) is 20.0. The Kier molecular flexibility index (Phi) is 13.4. The van der Waals surface area contributed by atoms with Gasteiger partial charge in [0, 0.05) is 6.07 Å². The predicted octanol–water partition coefficient (Wildman–Crippen LogP) is -8.04. The second-order valence-corrected chi connectivity index (χ2v) is 7.04. The maximum Gasteiger partial charge on any atom is 1.00 e. The fourth-order valence-corrected chi connectivity index (χ4v) is 2.87. The first-order valence-electron chi connectivity index (χ1n) is 10.1. The fourth-order valence-electron chi connectivity index (χ4n) is 2.87. The van der Waals surface area contributed by atoms with Gasteiger partial charge < -0.3 is 44.3 Å².